The van der Waals surface area contributed by atoms with Crippen LogP contribution in [0.4, 0.5) is 11.8 Å². The maximum Gasteiger partial charge on any atom is 0.227 e. The molecule has 0 aliphatic heterocycles. The molecule has 0 unspecified atom stereocenters. The number of nitrogen functional groups attached to an aromatic ring is 1. The van der Waals surface area contributed by atoms with Crippen LogP contribution in [0.3, 0.4) is 0 Å². The number of aromatic nitrogens is 4. The molecule has 5 rings (SSSR count). The number of fused-ring (bicyclic) bond motifs is 3. The molecule has 3 N–H and O–H groups in total. The number of hydrogen-bond donors (Lipinski definition) is 2. The third-order valence-electron chi connectivity index (χ3n) is 4.88. The van der Waals surface area contributed by atoms with Crippen molar-refractivity contribution in [1.82, 2.24) is 20.2 Å². The van der Waals surface area contributed by atoms with E-state index >= 15 is 0 Å². The van der Waals surface area contributed by atoms with Crippen molar-refractivity contribution in [2.45, 2.75) is 0 Å². The largest absolute Gasteiger partial charge is 0.347 e. The fourth-order valence-electron chi connectivity index (χ4n) is 3.50. The Labute approximate surface area is 177 Å². The van der Waals surface area contributed by atoms with Gasteiger partial charge in [0.05, 0.1) is 10.2 Å². The third kappa shape index (κ3) is 2.94. The summed E-state index contributed by atoms with van der Waals surface area (Å²) in [6.07, 6.45) is 0. The van der Waals surface area contributed by atoms with Gasteiger partial charge in [-0.05, 0) is 5.56 Å². The highest BCUT2D eigenvalue weighted by molar-refractivity contribution is 7.26. The highest BCUT2D eigenvalue weighted by Crippen LogP contribution is 2.43. The fourth-order valence-corrected chi connectivity index (χ4v) is 4.52. The summed E-state index contributed by atoms with van der Waals surface area (Å²) in [5.74, 6) is 6.94. The van der Waals surface area contributed by atoms with E-state index in [1.807, 2.05) is 67.5 Å². The molecule has 3 aromatic heterocycles. The minimum atomic E-state index is 0.576. The Balaban J connectivity index is 1.96. The van der Waals surface area contributed by atoms with Gasteiger partial charge in [0.25, 0.3) is 0 Å². The van der Waals surface area contributed by atoms with Gasteiger partial charge in [-0.1, -0.05) is 60.7 Å². The maximum absolute atomic E-state index is 5.79. The van der Waals surface area contributed by atoms with Crippen LogP contribution in [-0.2, 0) is 0 Å². The molecule has 7 nitrogen and oxygen atoms in total. The van der Waals surface area contributed by atoms with E-state index in [0.717, 1.165) is 42.8 Å². The number of benzene rings is 2. The molecular weight excluding hydrogens is 394 g/mol. The van der Waals surface area contributed by atoms with Gasteiger partial charge in [-0.3, -0.25) is 0 Å². The number of thiophene rings is 1. The van der Waals surface area contributed by atoms with Gasteiger partial charge in [0.2, 0.25) is 5.95 Å². The van der Waals surface area contributed by atoms with Crippen molar-refractivity contribution < 1.29 is 0 Å². The first-order valence-electron chi connectivity index (χ1n) is 9.43. The van der Waals surface area contributed by atoms with Crippen molar-refractivity contribution in [3.63, 3.8) is 0 Å². The highest BCUT2D eigenvalue weighted by atomic mass is 32.1. The lowest BCUT2D eigenvalue weighted by molar-refractivity contribution is 1.02. The van der Waals surface area contributed by atoms with E-state index < -0.39 is 0 Å². The van der Waals surface area contributed by atoms with Gasteiger partial charge in [0, 0.05) is 30.6 Å². The predicted molar refractivity (Wildman–Crippen MR) is 124 cm³/mol. The van der Waals surface area contributed by atoms with Crippen molar-refractivity contribution in [3.05, 3.63) is 60.7 Å². The second-order valence-electron chi connectivity index (χ2n) is 7.03. The van der Waals surface area contributed by atoms with Crippen LogP contribution in [0.25, 0.3) is 42.8 Å². The zero-order valence-electron chi connectivity index (χ0n) is 16.5. The molecule has 0 aliphatic rings. The molecule has 0 radical (unpaired) electrons. The molecule has 8 heteroatoms. The smallest absolute Gasteiger partial charge is 0.227 e. The number of nitrogens with two attached hydrogens (primary N) is 1. The van der Waals surface area contributed by atoms with Gasteiger partial charge < -0.3 is 10.3 Å². The second-order valence-corrected chi connectivity index (χ2v) is 8.03. The summed E-state index contributed by atoms with van der Waals surface area (Å²) in [5.41, 5.74) is 7.42. The van der Waals surface area contributed by atoms with Crippen LogP contribution in [-0.4, -0.2) is 34.3 Å². The topological polar surface area (TPSA) is 92.9 Å². The Hall–Kier alpha value is -3.62. The quantitative estimate of drug-likeness (QED) is 0.335. The van der Waals surface area contributed by atoms with E-state index in [1.54, 1.807) is 0 Å². The molecule has 0 spiro atoms. The predicted octanol–water partition coefficient (Wildman–Crippen LogP) is 4.32. The zero-order chi connectivity index (χ0) is 20.7. The average molecular weight is 414 g/mol. The summed E-state index contributed by atoms with van der Waals surface area (Å²) < 4.78 is 0.856. The summed E-state index contributed by atoms with van der Waals surface area (Å²) in [4.78, 5) is 12.0. The Bertz CT molecular complexity index is 1350. The minimum absolute atomic E-state index is 0.576. The molecule has 0 aliphatic carbocycles. The highest BCUT2D eigenvalue weighted by Gasteiger charge is 2.22. The molecule has 5 aromatic rings. The maximum atomic E-state index is 5.79. The van der Waals surface area contributed by atoms with Gasteiger partial charge in [-0.2, -0.15) is 4.98 Å². The van der Waals surface area contributed by atoms with Crippen LogP contribution >= 0.6 is 11.3 Å². The molecular formula is C22H19N7S. The van der Waals surface area contributed by atoms with Crippen molar-refractivity contribution in [3.8, 4) is 22.4 Å². The Morgan fingerprint density at radius 2 is 1.53 bits per heavy atom. The fraction of sp³-hybridized carbons (Fsp3) is 0.0909. The van der Waals surface area contributed by atoms with Crippen LogP contribution in [0.15, 0.2) is 60.7 Å². The normalized spacial score (nSPS) is 11.2. The molecule has 0 atom stereocenters. The number of rotatable bonds is 4. The number of anilines is 2. The summed E-state index contributed by atoms with van der Waals surface area (Å²) in [5, 5.41) is 10.1. The van der Waals surface area contributed by atoms with E-state index in [9.17, 15) is 0 Å². The standard InChI is InChI=1S/C22H19N7S/c1-29(2)22-24-18-16-15(13-9-5-3-6-10-13)17(14-11-7-4-8-12-14)27-28-21(16)30-19(18)20(25-22)26-23/h3-12H,23H2,1-2H3,(H,24,25,26). The van der Waals surface area contributed by atoms with Crippen molar-refractivity contribution in [1.29, 1.82) is 0 Å². The van der Waals surface area contributed by atoms with Crippen LogP contribution in [0.1, 0.15) is 0 Å². The second kappa shape index (κ2) is 7.33. The number of nitrogens with one attached hydrogen (secondary N) is 1. The van der Waals surface area contributed by atoms with Gasteiger partial charge in [0.1, 0.15) is 10.5 Å². The van der Waals surface area contributed by atoms with Crippen LogP contribution in [0.5, 0.6) is 0 Å². The SMILES string of the molecule is CN(C)c1nc(NN)c2sc3nnc(-c4ccccc4)c(-c4ccccc4)c3c2n1. The summed E-state index contributed by atoms with van der Waals surface area (Å²) in [6.45, 7) is 0. The van der Waals surface area contributed by atoms with Crippen molar-refractivity contribution in [2.75, 3.05) is 24.4 Å². The Morgan fingerprint density at radius 1 is 0.867 bits per heavy atom. The molecule has 0 saturated carbocycles. The first kappa shape index (κ1) is 18.4. The number of hydrazine groups is 1. The van der Waals surface area contributed by atoms with Crippen LogP contribution in [0.2, 0.25) is 0 Å². The summed E-state index contributed by atoms with van der Waals surface area (Å²) in [7, 11) is 3.81. The third-order valence-corrected chi connectivity index (χ3v) is 5.95. The van der Waals surface area contributed by atoms with Crippen LogP contribution in [0, 0.1) is 0 Å². The average Bonchev–Trinajstić information content (AvgIpc) is 3.17. The van der Waals surface area contributed by atoms with E-state index in [-0.39, 0.29) is 0 Å². The molecule has 2 aromatic carbocycles. The molecule has 0 amide bonds. The lowest BCUT2D eigenvalue weighted by Gasteiger charge is -2.13. The van der Waals surface area contributed by atoms with E-state index in [1.165, 1.54) is 11.3 Å². The number of hydrogen-bond acceptors (Lipinski definition) is 8. The molecule has 0 bridgehead atoms. The van der Waals surface area contributed by atoms with E-state index in [0.29, 0.717) is 11.8 Å². The monoisotopic (exact) mass is 413 g/mol. The van der Waals surface area contributed by atoms with Gasteiger partial charge in [-0.15, -0.1) is 21.5 Å². The van der Waals surface area contributed by atoms with Gasteiger partial charge in [-0.25, -0.2) is 10.8 Å². The van der Waals surface area contributed by atoms with Gasteiger partial charge in [0.15, 0.2) is 5.82 Å². The lowest BCUT2D eigenvalue weighted by atomic mass is 9.97. The molecule has 3 heterocycles. The minimum Gasteiger partial charge on any atom is -0.347 e. The summed E-state index contributed by atoms with van der Waals surface area (Å²) in [6, 6.07) is 20.3. The molecule has 30 heavy (non-hydrogen) atoms. The molecule has 0 saturated heterocycles. The summed E-state index contributed by atoms with van der Waals surface area (Å²) >= 11 is 1.49. The van der Waals surface area contributed by atoms with Crippen LogP contribution < -0.4 is 16.2 Å². The first-order chi connectivity index (χ1) is 14.7. The van der Waals surface area contributed by atoms with Gasteiger partial charge >= 0.3 is 0 Å². The van der Waals surface area contributed by atoms with Crippen molar-refractivity contribution >= 4 is 43.5 Å². The van der Waals surface area contributed by atoms with E-state index in [4.69, 9.17) is 10.8 Å². The van der Waals surface area contributed by atoms with E-state index in [2.05, 4.69) is 32.7 Å². The Kier molecular flexibility index (Phi) is 4.50. The Morgan fingerprint density at radius 3 is 2.17 bits per heavy atom. The molecule has 0 fully saturated rings. The molecule has 148 valence electrons. The zero-order valence-corrected chi connectivity index (χ0v) is 17.3. The lowest BCUT2D eigenvalue weighted by Crippen LogP contribution is -2.15. The van der Waals surface area contributed by atoms with Crippen molar-refractivity contribution in [2.24, 2.45) is 5.84 Å². The first-order valence-corrected chi connectivity index (χ1v) is 10.2. The number of nitrogens with zero attached hydrogens (tertiary/aromatic N) is 5.